The fourth-order valence-electron chi connectivity index (χ4n) is 1.89. The molecule has 0 bridgehead atoms. The lowest BCUT2D eigenvalue weighted by Gasteiger charge is -2.06. The Balaban J connectivity index is 2.06. The molecule has 104 valence electrons. The highest BCUT2D eigenvalue weighted by molar-refractivity contribution is 7.18. The third kappa shape index (κ3) is 2.44. The third-order valence-electron chi connectivity index (χ3n) is 2.71. The summed E-state index contributed by atoms with van der Waals surface area (Å²) in [5.74, 6) is 1.81. The quantitative estimate of drug-likeness (QED) is 0.800. The predicted molar refractivity (Wildman–Crippen MR) is 79.6 cm³/mol. The van der Waals surface area contributed by atoms with E-state index in [1.54, 1.807) is 28.4 Å². The molecule has 20 heavy (non-hydrogen) atoms. The minimum atomic E-state index is 0.559. The molecule has 0 aromatic carbocycles. The number of anilines is 1. The van der Waals surface area contributed by atoms with E-state index in [4.69, 9.17) is 4.74 Å². The number of hydrogen-bond donors (Lipinski definition) is 1. The first-order valence-electron chi connectivity index (χ1n) is 6.34. The molecule has 0 aliphatic rings. The molecule has 0 unspecified atom stereocenters. The van der Waals surface area contributed by atoms with Gasteiger partial charge < -0.3 is 10.1 Å². The Bertz CT molecular complexity index is 748. The molecule has 0 radical (unpaired) electrons. The van der Waals surface area contributed by atoms with E-state index in [2.05, 4.69) is 20.4 Å². The van der Waals surface area contributed by atoms with Gasteiger partial charge in [0, 0.05) is 18.5 Å². The molecule has 0 amide bonds. The first kappa shape index (κ1) is 12.9. The minimum Gasteiger partial charge on any atom is -0.435 e. The Morgan fingerprint density at radius 2 is 2.25 bits per heavy atom. The number of hydrogen-bond acceptors (Lipinski definition) is 6. The smallest absolute Gasteiger partial charge is 0.233 e. The van der Waals surface area contributed by atoms with Crippen LogP contribution in [0, 0.1) is 6.92 Å². The summed E-state index contributed by atoms with van der Waals surface area (Å²) in [7, 11) is 1.85. The van der Waals surface area contributed by atoms with Crippen molar-refractivity contribution in [3.05, 3.63) is 23.3 Å². The van der Waals surface area contributed by atoms with Crippen LogP contribution in [0.4, 0.5) is 5.95 Å². The summed E-state index contributed by atoms with van der Waals surface area (Å²) in [6, 6.07) is 2.04. The zero-order valence-corrected chi connectivity index (χ0v) is 12.4. The number of thiophene rings is 1. The van der Waals surface area contributed by atoms with Gasteiger partial charge in [0.05, 0.1) is 17.8 Å². The molecular weight excluding hydrogens is 274 g/mol. The molecule has 3 aromatic heterocycles. The number of aromatic nitrogens is 4. The van der Waals surface area contributed by atoms with Crippen LogP contribution in [0.25, 0.3) is 10.2 Å². The maximum atomic E-state index is 5.85. The monoisotopic (exact) mass is 289 g/mol. The second-order valence-corrected chi connectivity index (χ2v) is 5.65. The maximum Gasteiger partial charge on any atom is 0.233 e. The van der Waals surface area contributed by atoms with Crippen LogP contribution in [-0.2, 0) is 7.05 Å². The summed E-state index contributed by atoms with van der Waals surface area (Å²) >= 11 is 1.63. The Hall–Kier alpha value is -2.15. The lowest BCUT2D eigenvalue weighted by atomic mass is 10.3. The van der Waals surface area contributed by atoms with Gasteiger partial charge in [0.2, 0.25) is 11.8 Å². The summed E-state index contributed by atoms with van der Waals surface area (Å²) in [5.41, 5.74) is 0. The van der Waals surface area contributed by atoms with Crippen molar-refractivity contribution in [2.45, 2.75) is 13.8 Å². The van der Waals surface area contributed by atoms with Crippen molar-refractivity contribution in [3.63, 3.8) is 0 Å². The van der Waals surface area contributed by atoms with Crippen LogP contribution >= 0.6 is 11.3 Å². The van der Waals surface area contributed by atoms with E-state index in [0.717, 1.165) is 16.8 Å². The number of aryl methyl sites for hydroxylation is 2. The Morgan fingerprint density at radius 3 is 2.95 bits per heavy atom. The summed E-state index contributed by atoms with van der Waals surface area (Å²) in [5, 5.41) is 8.14. The molecule has 0 aliphatic carbocycles. The van der Waals surface area contributed by atoms with Gasteiger partial charge in [-0.15, -0.1) is 11.3 Å². The van der Waals surface area contributed by atoms with Crippen molar-refractivity contribution < 1.29 is 4.74 Å². The zero-order valence-electron chi connectivity index (χ0n) is 11.5. The zero-order chi connectivity index (χ0) is 14.1. The van der Waals surface area contributed by atoms with Gasteiger partial charge in [-0.2, -0.15) is 10.1 Å². The number of fused-ring (bicyclic) bond motifs is 1. The van der Waals surface area contributed by atoms with Crippen LogP contribution in [0.5, 0.6) is 11.6 Å². The molecule has 0 aliphatic heterocycles. The fourth-order valence-corrected chi connectivity index (χ4v) is 2.76. The number of nitrogens with zero attached hydrogens (tertiary/aromatic N) is 4. The highest BCUT2D eigenvalue weighted by Crippen LogP contribution is 2.33. The van der Waals surface area contributed by atoms with Crippen molar-refractivity contribution in [2.24, 2.45) is 7.05 Å². The summed E-state index contributed by atoms with van der Waals surface area (Å²) < 4.78 is 7.54. The molecule has 3 heterocycles. The third-order valence-corrected chi connectivity index (χ3v) is 3.66. The van der Waals surface area contributed by atoms with E-state index in [-0.39, 0.29) is 0 Å². The van der Waals surface area contributed by atoms with Crippen LogP contribution in [0.1, 0.15) is 11.8 Å². The van der Waals surface area contributed by atoms with Gasteiger partial charge in [-0.05, 0) is 19.9 Å². The van der Waals surface area contributed by atoms with Gasteiger partial charge in [-0.25, -0.2) is 4.98 Å². The molecule has 7 heteroatoms. The van der Waals surface area contributed by atoms with Crippen molar-refractivity contribution in [1.82, 2.24) is 19.7 Å². The van der Waals surface area contributed by atoms with Crippen molar-refractivity contribution >= 4 is 27.5 Å². The van der Waals surface area contributed by atoms with E-state index in [9.17, 15) is 0 Å². The highest BCUT2D eigenvalue weighted by atomic mass is 32.1. The summed E-state index contributed by atoms with van der Waals surface area (Å²) in [6.07, 6.45) is 3.47. The molecule has 6 nitrogen and oxygen atoms in total. The largest absolute Gasteiger partial charge is 0.435 e. The van der Waals surface area contributed by atoms with Crippen LogP contribution in [0.15, 0.2) is 18.5 Å². The van der Waals surface area contributed by atoms with Gasteiger partial charge in [-0.3, -0.25) is 4.68 Å². The lowest BCUT2D eigenvalue weighted by Crippen LogP contribution is -2.02. The van der Waals surface area contributed by atoms with E-state index in [1.165, 1.54) is 4.88 Å². The minimum absolute atomic E-state index is 0.559. The first-order valence-corrected chi connectivity index (χ1v) is 7.16. The molecule has 3 aromatic rings. The lowest BCUT2D eigenvalue weighted by molar-refractivity contribution is 0.468. The maximum absolute atomic E-state index is 5.85. The Morgan fingerprint density at radius 1 is 1.40 bits per heavy atom. The molecule has 0 saturated heterocycles. The average Bonchev–Trinajstić information content (AvgIpc) is 2.95. The normalized spacial score (nSPS) is 10.9. The van der Waals surface area contributed by atoms with Gasteiger partial charge in [0.25, 0.3) is 0 Å². The highest BCUT2D eigenvalue weighted by Gasteiger charge is 2.13. The fraction of sp³-hybridized carbons (Fsp3) is 0.308. The first-order chi connectivity index (χ1) is 9.65. The molecular formula is C13H15N5OS. The van der Waals surface area contributed by atoms with Crippen LogP contribution in [0.2, 0.25) is 0 Å². The summed E-state index contributed by atoms with van der Waals surface area (Å²) in [4.78, 5) is 11.0. The van der Waals surface area contributed by atoms with Crippen molar-refractivity contribution in [2.75, 3.05) is 11.9 Å². The van der Waals surface area contributed by atoms with Gasteiger partial charge in [0.15, 0.2) is 5.75 Å². The molecule has 0 saturated carbocycles. The van der Waals surface area contributed by atoms with Crippen LogP contribution in [-0.4, -0.2) is 26.3 Å². The van der Waals surface area contributed by atoms with Crippen LogP contribution in [0.3, 0.4) is 0 Å². The summed E-state index contributed by atoms with van der Waals surface area (Å²) in [6.45, 7) is 4.82. The molecule has 1 N–H and O–H groups in total. The molecule has 0 atom stereocenters. The van der Waals surface area contributed by atoms with Crippen molar-refractivity contribution in [1.29, 1.82) is 0 Å². The molecule has 0 spiro atoms. The number of nitrogens with one attached hydrogen (secondary N) is 1. The average molecular weight is 289 g/mol. The number of rotatable bonds is 4. The topological polar surface area (TPSA) is 64.9 Å². The Kier molecular flexibility index (Phi) is 3.27. The van der Waals surface area contributed by atoms with Crippen molar-refractivity contribution in [3.8, 4) is 11.6 Å². The SMILES string of the molecule is CCNc1nc(Oc2cnn(C)c2)c2cc(C)sc2n1. The molecule has 3 rings (SSSR count). The van der Waals surface area contributed by atoms with E-state index in [1.807, 2.05) is 27.0 Å². The standard InChI is InChI=1S/C13H15N5OS/c1-4-14-13-16-11(19-9-6-15-18(3)7-9)10-5-8(2)20-12(10)17-13/h5-7H,4H2,1-3H3,(H,14,16,17). The van der Waals surface area contributed by atoms with Gasteiger partial charge in [0.1, 0.15) is 4.83 Å². The van der Waals surface area contributed by atoms with E-state index in [0.29, 0.717) is 17.6 Å². The number of ether oxygens (including phenoxy) is 1. The molecule has 0 fully saturated rings. The second-order valence-electron chi connectivity index (χ2n) is 4.41. The van der Waals surface area contributed by atoms with E-state index < -0.39 is 0 Å². The Labute approximate surface area is 120 Å². The van der Waals surface area contributed by atoms with Crippen LogP contribution < -0.4 is 10.1 Å². The predicted octanol–water partition coefficient (Wildman–Crippen LogP) is 2.96. The second kappa shape index (κ2) is 5.09. The van der Waals surface area contributed by atoms with Gasteiger partial charge >= 0.3 is 0 Å². The van der Waals surface area contributed by atoms with Gasteiger partial charge in [-0.1, -0.05) is 0 Å². The van der Waals surface area contributed by atoms with E-state index >= 15 is 0 Å².